The lowest BCUT2D eigenvalue weighted by atomic mass is 10.3. The van der Waals surface area contributed by atoms with Gasteiger partial charge in [-0.2, -0.15) is 0 Å². The molecule has 0 saturated heterocycles. The van der Waals surface area contributed by atoms with Gasteiger partial charge in [0.2, 0.25) is 0 Å². The molecule has 0 radical (unpaired) electrons. The van der Waals surface area contributed by atoms with Gasteiger partial charge in [0.25, 0.3) is 19.1 Å². The molecule has 2 heterocycles. The van der Waals surface area contributed by atoms with Gasteiger partial charge in [-0.15, -0.1) is 0 Å². The summed E-state index contributed by atoms with van der Waals surface area (Å²) in [4.78, 5) is 7.70. The molecule has 49 heavy (non-hydrogen) atoms. The van der Waals surface area contributed by atoms with E-state index in [2.05, 4.69) is 46.5 Å². The fourth-order valence-corrected chi connectivity index (χ4v) is 8.50. The van der Waals surface area contributed by atoms with Gasteiger partial charge in [-0.1, -0.05) is 34.8 Å². The van der Waals surface area contributed by atoms with E-state index in [1.165, 1.54) is 63.3 Å². The highest BCUT2D eigenvalue weighted by Crippen LogP contribution is 2.40. The highest BCUT2D eigenvalue weighted by atomic mass is 79.9. The fraction of sp³-hybridized carbons (Fsp3) is 0.0667. The lowest BCUT2D eigenvalue weighted by Gasteiger charge is -2.15. The van der Waals surface area contributed by atoms with Crippen molar-refractivity contribution in [1.29, 1.82) is 0 Å². The van der Waals surface area contributed by atoms with Crippen LogP contribution in [0.25, 0.3) is 0 Å². The molecule has 0 aliphatic heterocycles. The maximum atomic E-state index is 12.8. The lowest BCUT2D eigenvalue weighted by molar-refractivity contribution is 0.376. The summed E-state index contributed by atoms with van der Waals surface area (Å²) in [5, 5.41) is 1.31. The third kappa shape index (κ3) is 10.7. The molecular formula is C30H21Br2Cl4N3O8S2. The first kappa shape index (κ1) is 38.8. The number of methoxy groups -OCH3 is 2. The largest absolute Gasteiger partial charge is 0.493 e. The van der Waals surface area contributed by atoms with Crippen LogP contribution < -0.4 is 23.7 Å². The second-order valence-corrected chi connectivity index (χ2v) is 16.5. The Labute approximate surface area is 318 Å². The Bertz CT molecular complexity index is 2200. The quantitative estimate of drug-likeness (QED) is 0.135. The van der Waals surface area contributed by atoms with E-state index < -0.39 is 19.1 Å². The minimum absolute atomic E-state index is 0.0177. The van der Waals surface area contributed by atoms with E-state index in [-0.39, 0.29) is 31.5 Å². The van der Waals surface area contributed by atoms with Gasteiger partial charge in [-0.25, -0.2) is 16.8 Å². The molecule has 11 nitrogen and oxygen atoms in total. The molecule has 2 aromatic heterocycles. The van der Waals surface area contributed by atoms with Crippen LogP contribution in [0.15, 0.2) is 104 Å². The summed E-state index contributed by atoms with van der Waals surface area (Å²) in [6, 6.07) is 15.0. The zero-order valence-corrected chi connectivity index (χ0v) is 32.7. The zero-order chi connectivity index (χ0) is 35.9. The highest BCUT2D eigenvalue weighted by molar-refractivity contribution is 9.10. The molecule has 0 saturated carbocycles. The van der Waals surface area contributed by atoms with Crippen molar-refractivity contribution >= 4 is 102 Å². The summed E-state index contributed by atoms with van der Waals surface area (Å²) < 4.78 is 73.2. The Balaban J connectivity index is 0.000000230. The van der Waals surface area contributed by atoms with E-state index in [9.17, 15) is 16.8 Å². The normalized spacial score (nSPS) is 11.2. The number of anilines is 1. The van der Waals surface area contributed by atoms with Crippen LogP contribution in [-0.2, 0) is 19.1 Å². The van der Waals surface area contributed by atoms with Crippen LogP contribution in [0.2, 0.25) is 15.1 Å². The van der Waals surface area contributed by atoms with Gasteiger partial charge in [-0.3, -0.25) is 14.7 Å². The average Bonchev–Trinajstić information content (AvgIpc) is 3.02. The molecule has 3 aromatic carbocycles. The predicted molar refractivity (Wildman–Crippen MR) is 195 cm³/mol. The van der Waals surface area contributed by atoms with Crippen molar-refractivity contribution in [1.82, 2.24) is 9.97 Å². The molecule has 0 fully saturated rings. The van der Waals surface area contributed by atoms with Crippen LogP contribution in [0.3, 0.4) is 0 Å². The molecule has 0 atom stereocenters. The Morgan fingerprint density at radius 2 is 1.06 bits per heavy atom. The van der Waals surface area contributed by atoms with Crippen LogP contribution >= 0.6 is 77.3 Å². The summed E-state index contributed by atoms with van der Waals surface area (Å²) in [6.07, 6.45) is 5.88. The zero-order valence-electron chi connectivity index (χ0n) is 24.8. The van der Waals surface area contributed by atoms with Crippen molar-refractivity contribution in [3.05, 3.63) is 109 Å². The fourth-order valence-electron chi connectivity index (χ4n) is 3.78. The summed E-state index contributed by atoms with van der Waals surface area (Å²) >= 11 is 24.0. The van der Waals surface area contributed by atoms with E-state index >= 15 is 0 Å². The van der Waals surface area contributed by atoms with Crippen molar-refractivity contribution in [2.75, 3.05) is 18.9 Å². The molecule has 1 N–H and O–H groups in total. The number of pyridine rings is 2. The number of sulfonamides is 1. The maximum Gasteiger partial charge on any atom is 0.263 e. The van der Waals surface area contributed by atoms with Gasteiger partial charge in [0.15, 0.2) is 23.0 Å². The van der Waals surface area contributed by atoms with Gasteiger partial charge >= 0.3 is 0 Å². The minimum Gasteiger partial charge on any atom is -0.493 e. The Kier molecular flexibility index (Phi) is 13.3. The van der Waals surface area contributed by atoms with Crippen LogP contribution in [0.4, 0.5) is 5.69 Å². The first-order valence-corrected chi connectivity index (χ1v) is 19.7. The Morgan fingerprint density at radius 3 is 1.49 bits per heavy atom. The lowest BCUT2D eigenvalue weighted by Crippen LogP contribution is -2.14. The van der Waals surface area contributed by atoms with Gasteiger partial charge in [0.1, 0.15) is 21.3 Å². The number of rotatable bonds is 10. The van der Waals surface area contributed by atoms with Crippen LogP contribution in [-0.4, -0.2) is 41.0 Å². The monoisotopic (exact) mass is 913 g/mol. The van der Waals surface area contributed by atoms with Crippen molar-refractivity contribution in [3.63, 3.8) is 0 Å². The van der Waals surface area contributed by atoms with Crippen molar-refractivity contribution < 1.29 is 35.8 Å². The van der Waals surface area contributed by atoms with Crippen LogP contribution in [0.5, 0.6) is 34.5 Å². The number of halogens is 6. The number of ether oxygens (including phenoxy) is 4. The van der Waals surface area contributed by atoms with Gasteiger partial charge in [0, 0.05) is 79.1 Å². The molecule has 0 amide bonds. The number of hydrogen-bond acceptors (Lipinski definition) is 10. The molecular weight excluding hydrogens is 896 g/mol. The number of benzene rings is 3. The topological polar surface area (TPSA) is 143 Å². The minimum atomic E-state index is -3.91. The molecule has 19 heteroatoms. The van der Waals surface area contributed by atoms with Crippen LogP contribution in [0, 0.1) is 0 Å². The summed E-state index contributed by atoms with van der Waals surface area (Å²) in [6.45, 7) is 0. The smallest absolute Gasteiger partial charge is 0.263 e. The standard InChI is InChI=1S/C18H13BrCl2N2O4S.C12H8BrCl2NO4S/c1-26-16-8-18(28(24,25)23-13-4-2-11(20)3-5-13)15(19)7-17(16)27-14-6-12(21)9-22-10-14;1-19-10-4-12(21(15,17)18)9(13)3-11(10)20-8-2-7(14)5-16-6-8/h2-10,23H,1H3;2-6H,1H3. The summed E-state index contributed by atoms with van der Waals surface area (Å²) in [5.74, 6) is 1.78. The van der Waals surface area contributed by atoms with E-state index in [0.717, 1.165) is 0 Å². The van der Waals surface area contributed by atoms with Crippen molar-refractivity contribution in [2.45, 2.75) is 9.79 Å². The molecule has 5 aromatic rings. The van der Waals surface area contributed by atoms with Crippen molar-refractivity contribution in [3.8, 4) is 34.5 Å². The van der Waals surface area contributed by atoms with E-state index in [1.54, 1.807) is 36.4 Å². The number of nitrogens with one attached hydrogen (secondary N) is 1. The van der Waals surface area contributed by atoms with E-state index in [4.69, 9.17) is 64.4 Å². The highest BCUT2D eigenvalue weighted by Gasteiger charge is 2.23. The maximum absolute atomic E-state index is 12.8. The Hall–Kier alpha value is -3.02. The second-order valence-electron chi connectivity index (χ2n) is 9.30. The third-order valence-corrected chi connectivity index (χ3v) is 11.2. The van der Waals surface area contributed by atoms with Gasteiger partial charge in [-0.05, 0) is 56.1 Å². The predicted octanol–water partition coefficient (Wildman–Crippen LogP) is 9.98. The third-order valence-electron chi connectivity index (χ3n) is 5.90. The van der Waals surface area contributed by atoms with E-state index in [1.807, 2.05) is 0 Å². The van der Waals surface area contributed by atoms with Gasteiger partial charge < -0.3 is 18.9 Å². The molecule has 5 rings (SSSR count). The molecule has 258 valence electrons. The SMILES string of the molecule is COc1cc(S(=O)(=O)Cl)c(Br)cc1Oc1cncc(Cl)c1.COc1cc(S(=O)(=O)Nc2ccc(Cl)cc2)c(Br)cc1Oc1cncc(Cl)c1. The van der Waals surface area contributed by atoms with Crippen LogP contribution in [0.1, 0.15) is 0 Å². The molecule has 0 unspecified atom stereocenters. The second kappa shape index (κ2) is 16.8. The number of hydrogen-bond donors (Lipinski definition) is 1. The summed E-state index contributed by atoms with van der Waals surface area (Å²) in [7, 11) is 0.342. The molecule has 0 aliphatic carbocycles. The molecule has 0 spiro atoms. The van der Waals surface area contributed by atoms with Gasteiger partial charge in [0.05, 0.1) is 36.7 Å². The first-order chi connectivity index (χ1) is 23.1. The van der Waals surface area contributed by atoms with Crippen molar-refractivity contribution in [2.24, 2.45) is 0 Å². The first-order valence-electron chi connectivity index (χ1n) is 13.1. The van der Waals surface area contributed by atoms with E-state index in [0.29, 0.717) is 42.5 Å². The Morgan fingerprint density at radius 1 is 0.612 bits per heavy atom. The molecule has 0 aliphatic rings. The summed E-state index contributed by atoms with van der Waals surface area (Å²) in [5.41, 5.74) is 0.376. The number of nitrogens with zero attached hydrogens (tertiary/aromatic N) is 2. The average molecular weight is 917 g/mol. The molecule has 0 bridgehead atoms. The number of aromatic nitrogens is 2.